The van der Waals surface area contributed by atoms with Crippen molar-refractivity contribution in [2.24, 2.45) is 0 Å². The number of nitrogens with zero attached hydrogens (tertiary/aromatic N) is 3. The van der Waals surface area contributed by atoms with Gasteiger partial charge in [-0.05, 0) is 6.42 Å². The van der Waals surface area contributed by atoms with Gasteiger partial charge in [-0.3, -0.25) is 4.79 Å². The first kappa shape index (κ1) is 16.7. The van der Waals surface area contributed by atoms with Crippen molar-refractivity contribution in [3.05, 3.63) is 36.7 Å². The largest absolute Gasteiger partial charge is 0.480 e. The van der Waals surface area contributed by atoms with E-state index in [1.165, 1.54) is 11.0 Å². The number of aliphatic carboxylic acids is 1. The van der Waals surface area contributed by atoms with Gasteiger partial charge in [0.2, 0.25) is 5.91 Å². The molecule has 0 aliphatic carbocycles. The van der Waals surface area contributed by atoms with Gasteiger partial charge in [0, 0.05) is 5.56 Å². The summed E-state index contributed by atoms with van der Waals surface area (Å²) in [5, 5.41) is 15.9. The maximum Gasteiger partial charge on any atom is 0.326 e. The highest BCUT2D eigenvalue weighted by Gasteiger charge is 2.19. The minimum Gasteiger partial charge on any atom is -0.480 e. The zero-order valence-electron chi connectivity index (χ0n) is 13.0. The van der Waals surface area contributed by atoms with E-state index in [9.17, 15) is 9.59 Å². The van der Waals surface area contributed by atoms with Crippen molar-refractivity contribution in [2.75, 3.05) is 0 Å². The van der Waals surface area contributed by atoms with Gasteiger partial charge in [0.05, 0.1) is 0 Å². The second kappa shape index (κ2) is 8.07. The van der Waals surface area contributed by atoms with E-state index >= 15 is 0 Å². The number of carboxylic acids is 1. The summed E-state index contributed by atoms with van der Waals surface area (Å²) in [6, 6.07) is 8.56. The predicted molar refractivity (Wildman–Crippen MR) is 84.5 cm³/mol. The molecular formula is C16H20N4O3. The van der Waals surface area contributed by atoms with Crippen molar-refractivity contribution in [2.45, 2.75) is 38.8 Å². The van der Waals surface area contributed by atoms with Crippen molar-refractivity contribution >= 4 is 11.9 Å². The Balaban J connectivity index is 1.95. The fourth-order valence-corrected chi connectivity index (χ4v) is 2.14. The molecule has 2 N–H and O–H groups in total. The van der Waals surface area contributed by atoms with Gasteiger partial charge in [0.15, 0.2) is 5.82 Å². The van der Waals surface area contributed by atoms with Gasteiger partial charge < -0.3 is 10.4 Å². The van der Waals surface area contributed by atoms with Crippen LogP contribution in [0.1, 0.15) is 26.2 Å². The number of carboxylic acid groups (broad SMARTS) is 1. The maximum absolute atomic E-state index is 12.0. The average molecular weight is 316 g/mol. The quantitative estimate of drug-likeness (QED) is 0.772. The molecule has 1 atom stereocenters. The van der Waals surface area contributed by atoms with E-state index in [4.69, 9.17) is 5.11 Å². The summed E-state index contributed by atoms with van der Waals surface area (Å²) in [5.74, 6) is -0.882. The standard InChI is InChI=1S/C16H20N4O3/c1-2-3-9-13(16(22)23)18-14(21)10-20-11-17-15(19-20)12-7-5-4-6-8-12/h4-8,11,13H,2-3,9-10H2,1H3,(H,18,21)(H,22,23). The van der Waals surface area contributed by atoms with Crippen LogP contribution in [0, 0.1) is 0 Å². The van der Waals surface area contributed by atoms with Crippen LogP contribution in [-0.4, -0.2) is 37.8 Å². The van der Waals surface area contributed by atoms with E-state index in [2.05, 4.69) is 15.4 Å². The van der Waals surface area contributed by atoms with Gasteiger partial charge in [0.1, 0.15) is 18.9 Å². The fraction of sp³-hybridized carbons (Fsp3) is 0.375. The SMILES string of the molecule is CCCCC(NC(=O)Cn1cnc(-c2ccccc2)n1)C(=O)O. The number of unbranched alkanes of at least 4 members (excludes halogenated alkanes) is 1. The Hall–Kier alpha value is -2.70. The normalized spacial score (nSPS) is 11.9. The molecule has 1 aromatic carbocycles. The summed E-state index contributed by atoms with van der Waals surface area (Å²) >= 11 is 0. The number of amides is 1. The average Bonchev–Trinajstić information content (AvgIpc) is 3.00. The minimum atomic E-state index is -1.02. The molecule has 0 bridgehead atoms. The number of aromatic nitrogens is 3. The fourth-order valence-electron chi connectivity index (χ4n) is 2.14. The second-order valence-corrected chi connectivity index (χ2v) is 5.23. The Kier molecular flexibility index (Phi) is 5.85. The lowest BCUT2D eigenvalue weighted by atomic mass is 10.1. The zero-order chi connectivity index (χ0) is 16.7. The van der Waals surface area contributed by atoms with Crippen LogP contribution in [0.15, 0.2) is 36.7 Å². The molecule has 0 saturated carbocycles. The first-order chi connectivity index (χ1) is 11.1. The van der Waals surface area contributed by atoms with Crippen LogP contribution in [0.5, 0.6) is 0 Å². The number of carbonyl (C=O) groups excluding carboxylic acids is 1. The lowest BCUT2D eigenvalue weighted by Gasteiger charge is -2.13. The van der Waals surface area contributed by atoms with Crippen LogP contribution >= 0.6 is 0 Å². The van der Waals surface area contributed by atoms with Gasteiger partial charge in [-0.15, -0.1) is 0 Å². The lowest BCUT2D eigenvalue weighted by Crippen LogP contribution is -2.42. The highest BCUT2D eigenvalue weighted by Crippen LogP contribution is 2.12. The zero-order valence-corrected chi connectivity index (χ0v) is 13.0. The molecule has 7 heteroatoms. The molecular weight excluding hydrogens is 296 g/mol. The van der Waals surface area contributed by atoms with Gasteiger partial charge in [-0.25, -0.2) is 14.5 Å². The van der Waals surface area contributed by atoms with E-state index in [0.717, 1.165) is 18.4 Å². The molecule has 1 amide bonds. The first-order valence-electron chi connectivity index (χ1n) is 7.57. The molecule has 2 rings (SSSR count). The van der Waals surface area contributed by atoms with Crippen molar-refractivity contribution in [3.63, 3.8) is 0 Å². The van der Waals surface area contributed by atoms with Gasteiger partial charge in [-0.2, -0.15) is 5.10 Å². The number of hydrogen-bond donors (Lipinski definition) is 2. The Morgan fingerprint density at radius 2 is 2.04 bits per heavy atom. The summed E-state index contributed by atoms with van der Waals surface area (Å²) < 4.78 is 1.40. The maximum atomic E-state index is 12.0. The molecule has 0 aliphatic rings. The summed E-state index contributed by atoms with van der Waals surface area (Å²) in [5.41, 5.74) is 0.859. The molecule has 0 radical (unpaired) electrons. The molecule has 23 heavy (non-hydrogen) atoms. The van der Waals surface area contributed by atoms with Gasteiger partial charge in [0.25, 0.3) is 0 Å². The smallest absolute Gasteiger partial charge is 0.326 e. The molecule has 0 spiro atoms. The third-order valence-electron chi connectivity index (χ3n) is 3.35. The van der Waals surface area contributed by atoms with Crippen LogP contribution in [0.3, 0.4) is 0 Å². The summed E-state index contributed by atoms with van der Waals surface area (Å²) in [6.45, 7) is 1.91. The van der Waals surface area contributed by atoms with Crippen molar-refractivity contribution in [3.8, 4) is 11.4 Å². The van der Waals surface area contributed by atoms with Crippen LogP contribution in [-0.2, 0) is 16.1 Å². The van der Waals surface area contributed by atoms with E-state index in [0.29, 0.717) is 12.2 Å². The molecule has 2 aromatic rings. The van der Waals surface area contributed by atoms with Crippen LogP contribution < -0.4 is 5.32 Å². The van der Waals surface area contributed by atoms with Crippen molar-refractivity contribution in [1.82, 2.24) is 20.1 Å². The van der Waals surface area contributed by atoms with Crippen molar-refractivity contribution in [1.29, 1.82) is 0 Å². The highest BCUT2D eigenvalue weighted by atomic mass is 16.4. The van der Waals surface area contributed by atoms with Gasteiger partial charge in [-0.1, -0.05) is 50.1 Å². The van der Waals surface area contributed by atoms with Crippen LogP contribution in [0.2, 0.25) is 0 Å². The topological polar surface area (TPSA) is 97.1 Å². The first-order valence-corrected chi connectivity index (χ1v) is 7.57. The molecule has 1 heterocycles. The van der Waals surface area contributed by atoms with Crippen LogP contribution in [0.4, 0.5) is 0 Å². The molecule has 1 aromatic heterocycles. The third-order valence-corrected chi connectivity index (χ3v) is 3.35. The number of hydrogen-bond acceptors (Lipinski definition) is 4. The Bertz CT molecular complexity index is 654. The van der Waals surface area contributed by atoms with Gasteiger partial charge >= 0.3 is 5.97 Å². The third kappa shape index (κ3) is 4.91. The van der Waals surface area contributed by atoms with Crippen molar-refractivity contribution < 1.29 is 14.7 Å². The number of carbonyl (C=O) groups is 2. The highest BCUT2D eigenvalue weighted by molar-refractivity contribution is 5.83. The summed E-state index contributed by atoms with van der Waals surface area (Å²) in [4.78, 5) is 27.3. The van der Waals surface area contributed by atoms with E-state index in [1.54, 1.807) is 0 Å². The Labute approximate surface area is 134 Å². The molecule has 0 fully saturated rings. The Morgan fingerprint density at radius 3 is 2.70 bits per heavy atom. The monoisotopic (exact) mass is 316 g/mol. The van der Waals surface area contributed by atoms with Crippen LogP contribution in [0.25, 0.3) is 11.4 Å². The number of rotatable bonds is 8. The predicted octanol–water partition coefficient (Wildman–Crippen LogP) is 1.70. The number of nitrogens with one attached hydrogen (secondary N) is 1. The Morgan fingerprint density at radius 1 is 1.30 bits per heavy atom. The number of benzene rings is 1. The minimum absolute atomic E-state index is 0.0598. The summed E-state index contributed by atoms with van der Waals surface area (Å²) in [7, 11) is 0. The molecule has 0 saturated heterocycles. The summed E-state index contributed by atoms with van der Waals surface area (Å²) in [6.07, 6.45) is 3.51. The lowest BCUT2D eigenvalue weighted by molar-refractivity contribution is -0.142. The molecule has 122 valence electrons. The molecule has 7 nitrogen and oxygen atoms in total. The van der Waals surface area contributed by atoms with E-state index < -0.39 is 17.9 Å². The second-order valence-electron chi connectivity index (χ2n) is 5.23. The molecule has 1 unspecified atom stereocenters. The van der Waals surface area contributed by atoms with E-state index in [1.807, 2.05) is 37.3 Å². The molecule has 0 aliphatic heterocycles. The van der Waals surface area contributed by atoms with E-state index in [-0.39, 0.29) is 6.54 Å².